The second-order valence-corrected chi connectivity index (χ2v) is 4.38. The van der Waals surface area contributed by atoms with E-state index in [1.54, 1.807) is 24.3 Å². The molecule has 3 N–H and O–H groups in total. The molecule has 0 aromatic heterocycles. The molecule has 0 saturated heterocycles. The Labute approximate surface area is 121 Å². The third-order valence-corrected chi connectivity index (χ3v) is 3.03. The van der Waals surface area contributed by atoms with E-state index in [1.165, 1.54) is 30.1 Å². The van der Waals surface area contributed by atoms with Crippen LogP contribution in [-0.4, -0.2) is 24.0 Å². The maximum absolute atomic E-state index is 13.2. The molecule has 21 heavy (non-hydrogen) atoms. The van der Waals surface area contributed by atoms with Gasteiger partial charge in [0.1, 0.15) is 5.82 Å². The largest absolute Gasteiger partial charge is 0.409 e. The lowest BCUT2D eigenvalue weighted by atomic mass is 10.1. The summed E-state index contributed by atoms with van der Waals surface area (Å²) in [6, 6.07) is 12.1. The fourth-order valence-electron chi connectivity index (χ4n) is 1.96. The average Bonchev–Trinajstić information content (AvgIpc) is 2.52. The molecule has 0 unspecified atom stereocenters. The van der Waals surface area contributed by atoms with Crippen LogP contribution < -0.4 is 10.6 Å². The normalized spacial score (nSPS) is 11.2. The number of benzene rings is 2. The highest BCUT2D eigenvalue weighted by Gasteiger charge is 2.18. The number of amidine groups is 1. The number of carbonyl (C=O) groups excluding carboxylic acids is 1. The lowest BCUT2D eigenvalue weighted by Crippen LogP contribution is -2.29. The van der Waals surface area contributed by atoms with E-state index in [4.69, 9.17) is 10.9 Å². The molecule has 2 rings (SSSR count). The Morgan fingerprint density at radius 1 is 1.24 bits per heavy atom. The molecule has 0 saturated carbocycles. The molecule has 0 bridgehead atoms. The SMILES string of the molecule is CN(C(=O)c1cccc(F)c1)c1ccccc1/C(N)=N/O. The van der Waals surface area contributed by atoms with Crippen LogP contribution in [-0.2, 0) is 0 Å². The molecule has 0 aliphatic heterocycles. The second kappa shape index (κ2) is 6.04. The second-order valence-electron chi connectivity index (χ2n) is 4.38. The molecule has 108 valence electrons. The van der Waals surface area contributed by atoms with Crippen molar-refractivity contribution in [2.24, 2.45) is 10.9 Å². The topological polar surface area (TPSA) is 78.9 Å². The van der Waals surface area contributed by atoms with Crippen molar-refractivity contribution in [3.63, 3.8) is 0 Å². The minimum Gasteiger partial charge on any atom is -0.409 e. The zero-order valence-electron chi connectivity index (χ0n) is 11.3. The van der Waals surface area contributed by atoms with Gasteiger partial charge in [-0.25, -0.2) is 4.39 Å². The maximum atomic E-state index is 13.2. The first-order chi connectivity index (χ1) is 10.0. The Kier molecular flexibility index (Phi) is 4.18. The number of para-hydroxylation sites is 1. The van der Waals surface area contributed by atoms with Crippen LogP contribution in [0.1, 0.15) is 15.9 Å². The third kappa shape index (κ3) is 3.00. The first kappa shape index (κ1) is 14.5. The highest BCUT2D eigenvalue weighted by molar-refractivity contribution is 6.10. The summed E-state index contributed by atoms with van der Waals surface area (Å²) in [5.41, 5.74) is 6.68. The summed E-state index contributed by atoms with van der Waals surface area (Å²) >= 11 is 0. The Hall–Kier alpha value is -2.89. The molecule has 0 aliphatic carbocycles. The summed E-state index contributed by atoms with van der Waals surface area (Å²) < 4.78 is 13.2. The van der Waals surface area contributed by atoms with Crippen LogP contribution in [0, 0.1) is 5.82 Å². The first-order valence-corrected chi connectivity index (χ1v) is 6.15. The van der Waals surface area contributed by atoms with Gasteiger partial charge < -0.3 is 15.8 Å². The summed E-state index contributed by atoms with van der Waals surface area (Å²) in [6.07, 6.45) is 0. The van der Waals surface area contributed by atoms with Crippen LogP contribution in [0.25, 0.3) is 0 Å². The molecular formula is C15H14FN3O2. The quantitative estimate of drug-likeness (QED) is 0.393. The highest BCUT2D eigenvalue weighted by Crippen LogP contribution is 2.21. The fraction of sp³-hybridized carbons (Fsp3) is 0.0667. The number of rotatable bonds is 3. The van der Waals surface area contributed by atoms with Gasteiger partial charge in [0.15, 0.2) is 5.84 Å². The van der Waals surface area contributed by atoms with Gasteiger partial charge in [0, 0.05) is 18.2 Å². The van der Waals surface area contributed by atoms with Crippen molar-refractivity contribution in [2.75, 3.05) is 11.9 Å². The predicted octanol–water partition coefficient (Wildman–Crippen LogP) is 2.20. The lowest BCUT2D eigenvalue weighted by molar-refractivity contribution is 0.0992. The first-order valence-electron chi connectivity index (χ1n) is 6.15. The number of oxime groups is 1. The number of hydrogen-bond donors (Lipinski definition) is 2. The minimum absolute atomic E-state index is 0.107. The summed E-state index contributed by atoms with van der Waals surface area (Å²) in [6.45, 7) is 0. The van der Waals surface area contributed by atoms with E-state index in [0.717, 1.165) is 6.07 Å². The van der Waals surface area contributed by atoms with Crippen LogP contribution >= 0.6 is 0 Å². The molecule has 2 aromatic carbocycles. The highest BCUT2D eigenvalue weighted by atomic mass is 19.1. The lowest BCUT2D eigenvalue weighted by Gasteiger charge is -2.20. The van der Waals surface area contributed by atoms with Crippen molar-refractivity contribution >= 4 is 17.4 Å². The van der Waals surface area contributed by atoms with E-state index in [2.05, 4.69) is 5.16 Å². The molecule has 6 heteroatoms. The van der Waals surface area contributed by atoms with Crippen molar-refractivity contribution in [3.05, 3.63) is 65.5 Å². The Morgan fingerprint density at radius 2 is 1.95 bits per heavy atom. The number of anilines is 1. The summed E-state index contributed by atoms with van der Waals surface area (Å²) in [4.78, 5) is 13.7. The van der Waals surface area contributed by atoms with E-state index in [0.29, 0.717) is 11.3 Å². The standard InChI is InChI=1S/C15H14FN3O2/c1-19(15(20)10-5-4-6-11(16)9-10)13-8-3-2-7-12(13)14(17)18-21/h2-9,21H,1H3,(H2,17,18). The van der Waals surface area contributed by atoms with Crippen molar-refractivity contribution in [1.29, 1.82) is 0 Å². The average molecular weight is 287 g/mol. The number of nitrogens with zero attached hydrogens (tertiary/aromatic N) is 2. The van der Waals surface area contributed by atoms with Crippen LogP contribution in [0.3, 0.4) is 0 Å². The number of halogens is 1. The molecule has 0 radical (unpaired) electrons. The molecule has 0 fully saturated rings. The van der Waals surface area contributed by atoms with E-state index >= 15 is 0 Å². The van der Waals surface area contributed by atoms with Gasteiger partial charge in [0.2, 0.25) is 0 Å². The van der Waals surface area contributed by atoms with Crippen LogP contribution in [0.15, 0.2) is 53.7 Å². The molecule has 0 spiro atoms. The van der Waals surface area contributed by atoms with Crippen molar-refractivity contribution in [1.82, 2.24) is 0 Å². The van der Waals surface area contributed by atoms with Gasteiger partial charge >= 0.3 is 0 Å². The number of amides is 1. The third-order valence-electron chi connectivity index (χ3n) is 3.03. The van der Waals surface area contributed by atoms with Gasteiger partial charge in [-0.05, 0) is 30.3 Å². The van der Waals surface area contributed by atoms with Gasteiger partial charge in [0.05, 0.1) is 5.69 Å². The van der Waals surface area contributed by atoms with Gasteiger partial charge in [-0.2, -0.15) is 0 Å². The van der Waals surface area contributed by atoms with Crippen molar-refractivity contribution in [3.8, 4) is 0 Å². The Morgan fingerprint density at radius 3 is 2.62 bits per heavy atom. The molecular weight excluding hydrogens is 273 g/mol. The van der Waals surface area contributed by atoms with Gasteiger partial charge in [-0.3, -0.25) is 4.79 Å². The predicted molar refractivity (Wildman–Crippen MR) is 78.1 cm³/mol. The molecule has 0 heterocycles. The molecule has 2 aromatic rings. The smallest absolute Gasteiger partial charge is 0.258 e. The van der Waals surface area contributed by atoms with Gasteiger partial charge in [-0.15, -0.1) is 0 Å². The zero-order chi connectivity index (χ0) is 15.4. The maximum Gasteiger partial charge on any atom is 0.258 e. The summed E-state index contributed by atoms with van der Waals surface area (Å²) in [5, 5.41) is 11.7. The van der Waals surface area contributed by atoms with Gasteiger partial charge in [-0.1, -0.05) is 23.4 Å². The van der Waals surface area contributed by atoms with E-state index in [1.807, 2.05) is 0 Å². The molecule has 5 nitrogen and oxygen atoms in total. The van der Waals surface area contributed by atoms with Crippen LogP contribution in [0.5, 0.6) is 0 Å². The van der Waals surface area contributed by atoms with E-state index < -0.39 is 11.7 Å². The molecule has 1 amide bonds. The zero-order valence-corrected chi connectivity index (χ0v) is 11.3. The Bertz CT molecular complexity index is 701. The van der Waals surface area contributed by atoms with E-state index in [9.17, 15) is 9.18 Å². The molecule has 0 atom stereocenters. The minimum atomic E-state index is -0.487. The Balaban J connectivity index is 2.41. The number of hydrogen-bond acceptors (Lipinski definition) is 3. The molecule has 0 aliphatic rings. The van der Waals surface area contributed by atoms with Crippen molar-refractivity contribution < 1.29 is 14.4 Å². The monoisotopic (exact) mass is 287 g/mol. The number of carbonyl (C=O) groups is 1. The fourth-order valence-corrected chi connectivity index (χ4v) is 1.96. The van der Waals surface area contributed by atoms with Crippen LogP contribution in [0.4, 0.5) is 10.1 Å². The van der Waals surface area contributed by atoms with Crippen LogP contribution in [0.2, 0.25) is 0 Å². The summed E-state index contributed by atoms with van der Waals surface area (Å²) in [7, 11) is 1.54. The van der Waals surface area contributed by atoms with E-state index in [-0.39, 0.29) is 11.4 Å². The number of nitrogens with two attached hydrogens (primary N) is 1. The van der Waals surface area contributed by atoms with Gasteiger partial charge in [0.25, 0.3) is 5.91 Å². The summed E-state index contributed by atoms with van der Waals surface area (Å²) in [5.74, 6) is -0.990. The van der Waals surface area contributed by atoms with Crippen molar-refractivity contribution in [2.45, 2.75) is 0 Å².